The molecule has 0 radical (unpaired) electrons. The van der Waals surface area contributed by atoms with Gasteiger partial charge in [-0.15, -0.1) is 0 Å². The Morgan fingerprint density at radius 2 is 2.00 bits per heavy atom. The van der Waals surface area contributed by atoms with Crippen molar-refractivity contribution >= 4 is 11.6 Å². The molecule has 0 aliphatic rings. The van der Waals surface area contributed by atoms with Crippen molar-refractivity contribution in [3.05, 3.63) is 22.7 Å². The van der Waals surface area contributed by atoms with Gasteiger partial charge in [-0.05, 0) is 18.5 Å². The van der Waals surface area contributed by atoms with E-state index in [0.29, 0.717) is 23.1 Å². The SMILES string of the molecule is COc1ccc(C(C)CN)c(OC)c1Cl. The molecule has 0 heterocycles. The van der Waals surface area contributed by atoms with Crippen molar-refractivity contribution in [3.63, 3.8) is 0 Å². The maximum Gasteiger partial charge on any atom is 0.144 e. The van der Waals surface area contributed by atoms with E-state index in [-0.39, 0.29) is 5.92 Å². The Kier molecular flexibility index (Phi) is 4.24. The van der Waals surface area contributed by atoms with Crippen molar-refractivity contribution in [2.24, 2.45) is 5.73 Å². The van der Waals surface area contributed by atoms with Gasteiger partial charge in [0.15, 0.2) is 0 Å². The minimum absolute atomic E-state index is 0.211. The normalized spacial score (nSPS) is 12.3. The molecule has 1 aromatic carbocycles. The Morgan fingerprint density at radius 3 is 2.47 bits per heavy atom. The van der Waals surface area contributed by atoms with Crippen LogP contribution in [0.2, 0.25) is 5.02 Å². The van der Waals surface area contributed by atoms with Crippen molar-refractivity contribution in [1.82, 2.24) is 0 Å². The molecule has 1 aromatic rings. The van der Waals surface area contributed by atoms with Gasteiger partial charge < -0.3 is 15.2 Å². The van der Waals surface area contributed by atoms with E-state index in [1.807, 2.05) is 19.1 Å². The number of hydrogen-bond donors (Lipinski definition) is 1. The molecule has 0 aliphatic heterocycles. The third-order valence-electron chi connectivity index (χ3n) is 2.40. The van der Waals surface area contributed by atoms with Gasteiger partial charge in [-0.2, -0.15) is 0 Å². The Bertz CT molecular complexity index is 342. The standard InChI is InChI=1S/C11H16ClNO2/c1-7(6-13)8-4-5-9(14-2)10(12)11(8)15-3/h4-5,7H,6,13H2,1-3H3. The summed E-state index contributed by atoms with van der Waals surface area (Å²) in [6, 6.07) is 3.76. The number of nitrogens with two attached hydrogens (primary N) is 1. The van der Waals surface area contributed by atoms with Gasteiger partial charge in [-0.25, -0.2) is 0 Å². The zero-order chi connectivity index (χ0) is 11.4. The molecule has 4 heteroatoms. The van der Waals surface area contributed by atoms with Crippen LogP contribution >= 0.6 is 11.6 Å². The first-order chi connectivity index (χ1) is 7.15. The van der Waals surface area contributed by atoms with Crippen LogP contribution in [-0.4, -0.2) is 20.8 Å². The molecule has 0 amide bonds. The van der Waals surface area contributed by atoms with E-state index in [9.17, 15) is 0 Å². The number of rotatable bonds is 4. The van der Waals surface area contributed by atoms with Gasteiger partial charge >= 0.3 is 0 Å². The van der Waals surface area contributed by atoms with Gasteiger partial charge in [0.2, 0.25) is 0 Å². The molecule has 0 spiro atoms. The minimum atomic E-state index is 0.211. The summed E-state index contributed by atoms with van der Waals surface area (Å²) in [7, 11) is 3.17. The fourth-order valence-corrected chi connectivity index (χ4v) is 1.76. The Balaban J connectivity index is 3.24. The van der Waals surface area contributed by atoms with Crippen molar-refractivity contribution in [1.29, 1.82) is 0 Å². The molecule has 0 aliphatic carbocycles. The molecule has 0 fully saturated rings. The molecular formula is C11H16ClNO2. The first-order valence-electron chi connectivity index (χ1n) is 4.76. The van der Waals surface area contributed by atoms with E-state index in [0.717, 1.165) is 5.56 Å². The second-order valence-electron chi connectivity index (χ2n) is 3.34. The smallest absolute Gasteiger partial charge is 0.144 e. The Labute approximate surface area is 95.1 Å². The number of hydrogen-bond acceptors (Lipinski definition) is 3. The summed E-state index contributed by atoms with van der Waals surface area (Å²) in [5.74, 6) is 1.47. The summed E-state index contributed by atoms with van der Waals surface area (Å²) in [5.41, 5.74) is 6.62. The maximum atomic E-state index is 6.12. The number of benzene rings is 1. The largest absolute Gasteiger partial charge is 0.495 e. The van der Waals surface area contributed by atoms with Crippen molar-refractivity contribution < 1.29 is 9.47 Å². The lowest BCUT2D eigenvalue weighted by molar-refractivity contribution is 0.389. The van der Waals surface area contributed by atoms with Crippen LogP contribution in [-0.2, 0) is 0 Å². The molecule has 0 saturated carbocycles. The monoisotopic (exact) mass is 229 g/mol. The van der Waals surface area contributed by atoms with E-state index < -0.39 is 0 Å². The van der Waals surface area contributed by atoms with Crippen LogP contribution in [0.1, 0.15) is 18.4 Å². The summed E-state index contributed by atoms with van der Waals surface area (Å²) in [6.45, 7) is 2.58. The van der Waals surface area contributed by atoms with Gasteiger partial charge in [-0.3, -0.25) is 0 Å². The molecular weight excluding hydrogens is 214 g/mol. The lowest BCUT2D eigenvalue weighted by atomic mass is 10.00. The average Bonchev–Trinajstić information content (AvgIpc) is 2.27. The number of halogens is 1. The van der Waals surface area contributed by atoms with Crippen molar-refractivity contribution in [3.8, 4) is 11.5 Å². The zero-order valence-electron chi connectivity index (χ0n) is 9.21. The Hall–Kier alpha value is -0.930. The first-order valence-corrected chi connectivity index (χ1v) is 5.13. The van der Waals surface area contributed by atoms with Crippen molar-refractivity contribution in [2.45, 2.75) is 12.8 Å². The van der Waals surface area contributed by atoms with Crippen LogP contribution in [0.3, 0.4) is 0 Å². The van der Waals surface area contributed by atoms with E-state index in [1.54, 1.807) is 14.2 Å². The molecule has 0 saturated heterocycles. The number of ether oxygens (including phenoxy) is 2. The van der Waals surface area contributed by atoms with Gasteiger partial charge in [0, 0.05) is 5.56 Å². The zero-order valence-corrected chi connectivity index (χ0v) is 9.97. The van der Waals surface area contributed by atoms with E-state index >= 15 is 0 Å². The van der Waals surface area contributed by atoms with Gasteiger partial charge in [0.05, 0.1) is 14.2 Å². The highest BCUT2D eigenvalue weighted by Crippen LogP contribution is 2.39. The molecule has 15 heavy (non-hydrogen) atoms. The van der Waals surface area contributed by atoms with Gasteiger partial charge in [0.25, 0.3) is 0 Å². The van der Waals surface area contributed by atoms with Crippen LogP contribution < -0.4 is 15.2 Å². The molecule has 3 nitrogen and oxygen atoms in total. The highest BCUT2D eigenvalue weighted by atomic mass is 35.5. The van der Waals surface area contributed by atoms with Crippen LogP contribution in [0, 0.1) is 0 Å². The van der Waals surface area contributed by atoms with Crippen LogP contribution in [0.15, 0.2) is 12.1 Å². The third-order valence-corrected chi connectivity index (χ3v) is 2.76. The summed E-state index contributed by atoms with van der Waals surface area (Å²) in [5, 5.41) is 0.498. The first kappa shape index (κ1) is 12.1. The number of methoxy groups -OCH3 is 2. The van der Waals surface area contributed by atoms with Gasteiger partial charge in [-0.1, -0.05) is 24.6 Å². The molecule has 2 N–H and O–H groups in total. The van der Waals surface area contributed by atoms with Crippen LogP contribution in [0.25, 0.3) is 0 Å². The lowest BCUT2D eigenvalue weighted by Crippen LogP contribution is -2.10. The Morgan fingerprint density at radius 1 is 1.33 bits per heavy atom. The summed E-state index contributed by atoms with van der Waals surface area (Å²) in [4.78, 5) is 0. The predicted molar refractivity (Wildman–Crippen MR) is 62.0 cm³/mol. The maximum absolute atomic E-state index is 6.12. The fraction of sp³-hybridized carbons (Fsp3) is 0.455. The summed E-state index contributed by atoms with van der Waals surface area (Å²) in [6.07, 6.45) is 0. The highest BCUT2D eigenvalue weighted by molar-refractivity contribution is 6.33. The van der Waals surface area contributed by atoms with E-state index in [4.69, 9.17) is 26.8 Å². The summed E-state index contributed by atoms with van der Waals surface area (Å²) < 4.78 is 10.4. The molecule has 1 unspecified atom stereocenters. The molecule has 1 rings (SSSR count). The predicted octanol–water partition coefficient (Wildman–Crippen LogP) is 2.42. The third kappa shape index (κ3) is 2.36. The van der Waals surface area contributed by atoms with Crippen molar-refractivity contribution in [2.75, 3.05) is 20.8 Å². The van der Waals surface area contributed by atoms with Crippen LogP contribution in [0.4, 0.5) is 0 Å². The molecule has 0 aromatic heterocycles. The topological polar surface area (TPSA) is 44.5 Å². The fourth-order valence-electron chi connectivity index (χ4n) is 1.43. The lowest BCUT2D eigenvalue weighted by Gasteiger charge is -2.16. The highest BCUT2D eigenvalue weighted by Gasteiger charge is 2.16. The quantitative estimate of drug-likeness (QED) is 0.863. The van der Waals surface area contributed by atoms with Gasteiger partial charge in [0.1, 0.15) is 16.5 Å². The second kappa shape index (κ2) is 5.24. The molecule has 84 valence electrons. The average molecular weight is 230 g/mol. The van der Waals surface area contributed by atoms with Crippen LogP contribution in [0.5, 0.6) is 11.5 Å². The van der Waals surface area contributed by atoms with E-state index in [1.165, 1.54) is 0 Å². The second-order valence-corrected chi connectivity index (χ2v) is 3.72. The molecule has 0 bridgehead atoms. The summed E-state index contributed by atoms with van der Waals surface area (Å²) >= 11 is 6.12. The minimum Gasteiger partial charge on any atom is -0.495 e. The molecule has 1 atom stereocenters. The van der Waals surface area contributed by atoms with E-state index in [2.05, 4.69) is 0 Å².